The summed E-state index contributed by atoms with van der Waals surface area (Å²) in [4.78, 5) is 17.6. The molecule has 0 saturated carbocycles. The van der Waals surface area contributed by atoms with Crippen LogP contribution in [-0.2, 0) is 6.54 Å². The number of nitrogens with zero attached hydrogens (tertiary/aromatic N) is 3. The Hall–Kier alpha value is -2.01. The summed E-state index contributed by atoms with van der Waals surface area (Å²) in [6.07, 6.45) is 0. The predicted molar refractivity (Wildman–Crippen MR) is 102 cm³/mol. The predicted octanol–water partition coefficient (Wildman–Crippen LogP) is 3.15. The molecule has 1 aliphatic heterocycles. The number of ether oxygens (including phenoxy) is 1. The van der Waals surface area contributed by atoms with Gasteiger partial charge in [0.2, 0.25) is 0 Å². The molecule has 1 aromatic carbocycles. The molecule has 0 atom stereocenters. The summed E-state index contributed by atoms with van der Waals surface area (Å²) in [6, 6.07) is 6.13. The number of hydrogen-bond donors (Lipinski definition) is 0. The van der Waals surface area contributed by atoms with Crippen LogP contribution in [0, 0.1) is 6.92 Å². The molecule has 0 N–H and O–H groups in total. The Morgan fingerprint density at radius 2 is 1.80 bits per heavy atom. The Morgan fingerprint density at radius 3 is 2.40 bits per heavy atom. The van der Waals surface area contributed by atoms with Gasteiger partial charge in [0.1, 0.15) is 11.4 Å². The summed E-state index contributed by atoms with van der Waals surface area (Å²) in [7, 11) is 0. The van der Waals surface area contributed by atoms with Gasteiger partial charge in [-0.2, -0.15) is 0 Å². The van der Waals surface area contributed by atoms with Crippen molar-refractivity contribution in [3.05, 3.63) is 29.5 Å². The molecular weight excluding hydrogens is 314 g/mol. The number of benzene rings is 1. The Morgan fingerprint density at radius 1 is 1.08 bits per heavy atom. The fourth-order valence-corrected chi connectivity index (χ4v) is 3.78. The number of likely N-dealkylation sites (N-methyl/N-ethyl adjacent to an activating group) is 1. The number of carbonyl (C=O) groups is 1. The highest BCUT2D eigenvalue weighted by atomic mass is 16.5. The molecular formula is C20H29N3O2. The zero-order chi connectivity index (χ0) is 18.0. The van der Waals surface area contributed by atoms with Crippen molar-refractivity contribution >= 4 is 16.8 Å². The van der Waals surface area contributed by atoms with E-state index >= 15 is 0 Å². The summed E-state index contributed by atoms with van der Waals surface area (Å²) in [5.74, 6) is 1.02. The maximum Gasteiger partial charge on any atom is 0.270 e. The monoisotopic (exact) mass is 343 g/mol. The smallest absolute Gasteiger partial charge is 0.270 e. The van der Waals surface area contributed by atoms with Gasteiger partial charge in [-0.15, -0.1) is 0 Å². The van der Waals surface area contributed by atoms with E-state index in [9.17, 15) is 4.79 Å². The van der Waals surface area contributed by atoms with Crippen LogP contribution in [0.4, 0.5) is 0 Å². The number of rotatable bonds is 5. The molecule has 3 rings (SSSR count). The SMILES string of the molecule is CCOc1ccc2c(c1)c(C)c(C(=O)N1CCN(CC)CC1)n2CC. The highest BCUT2D eigenvalue weighted by molar-refractivity contribution is 6.02. The van der Waals surface area contributed by atoms with E-state index in [4.69, 9.17) is 4.74 Å². The first-order chi connectivity index (χ1) is 12.1. The minimum absolute atomic E-state index is 0.157. The minimum Gasteiger partial charge on any atom is -0.494 e. The molecule has 0 radical (unpaired) electrons. The number of carbonyl (C=O) groups excluding carboxylic acids is 1. The molecule has 1 amide bonds. The van der Waals surface area contributed by atoms with Crippen LogP contribution in [0.2, 0.25) is 0 Å². The molecule has 5 nitrogen and oxygen atoms in total. The summed E-state index contributed by atoms with van der Waals surface area (Å²) in [5.41, 5.74) is 3.00. The molecule has 0 aliphatic carbocycles. The first-order valence-corrected chi connectivity index (χ1v) is 9.37. The molecule has 0 bridgehead atoms. The first-order valence-electron chi connectivity index (χ1n) is 9.37. The third-order valence-corrected chi connectivity index (χ3v) is 5.22. The number of hydrogen-bond acceptors (Lipinski definition) is 3. The molecule has 1 aliphatic rings. The second-order valence-electron chi connectivity index (χ2n) is 6.56. The van der Waals surface area contributed by atoms with Crippen LogP contribution in [0.3, 0.4) is 0 Å². The van der Waals surface area contributed by atoms with Crippen LogP contribution in [0.1, 0.15) is 36.8 Å². The minimum atomic E-state index is 0.157. The van der Waals surface area contributed by atoms with E-state index in [-0.39, 0.29) is 5.91 Å². The molecule has 0 unspecified atom stereocenters. The third-order valence-electron chi connectivity index (χ3n) is 5.22. The summed E-state index contributed by atoms with van der Waals surface area (Å²) in [6.45, 7) is 14.3. The van der Waals surface area contributed by atoms with Crippen LogP contribution >= 0.6 is 0 Å². The summed E-state index contributed by atoms with van der Waals surface area (Å²) in [5, 5.41) is 1.11. The number of piperazine rings is 1. The molecule has 1 saturated heterocycles. The quantitative estimate of drug-likeness (QED) is 0.837. The maximum atomic E-state index is 13.2. The fourth-order valence-electron chi connectivity index (χ4n) is 3.78. The molecule has 1 aromatic heterocycles. The van der Waals surface area contributed by atoms with E-state index in [1.165, 1.54) is 0 Å². The first kappa shape index (κ1) is 17.8. The highest BCUT2D eigenvalue weighted by Crippen LogP contribution is 2.30. The van der Waals surface area contributed by atoms with Crippen LogP contribution in [0.15, 0.2) is 18.2 Å². The fraction of sp³-hybridized carbons (Fsp3) is 0.550. The Balaban J connectivity index is 1.97. The van der Waals surface area contributed by atoms with Crippen molar-refractivity contribution in [2.75, 3.05) is 39.3 Å². The Bertz CT molecular complexity index is 758. The normalized spacial score (nSPS) is 15.8. The summed E-state index contributed by atoms with van der Waals surface area (Å²) < 4.78 is 7.79. The maximum absolute atomic E-state index is 13.2. The van der Waals surface area contributed by atoms with Gasteiger partial charge in [-0.05, 0) is 51.1 Å². The lowest BCUT2D eigenvalue weighted by Crippen LogP contribution is -2.49. The zero-order valence-electron chi connectivity index (χ0n) is 15.8. The average Bonchev–Trinajstić information content (AvgIpc) is 2.93. The van der Waals surface area contributed by atoms with Crippen molar-refractivity contribution in [2.45, 2.75) is 34.2 Å². The van der Waals surface area contributed by atoms with Crippen molar-refractivity contribution in [1.29, 1.82) is 0 Å². The average molecular weight is 343 g/mol. The lowest BCUT2D eigenvalue weighted by atomic mass is 10.1. The van der Waals surface area contributed by atoms with Crippen molar-refractivity contribution in [1.82, 2.24) is 14.4 Å². The Kier molecular flexibility index (Phi) is 5.33. The lowest BCUT2D eigenvalue weighted by Gasteiger charge is -2.34. The van der Waals surface area contributed by atoms with Crippen LogP contribution in [0.5, 0.6) is 5.75 Å². The van der Waals surface area contributed by atoms with Crippen molar-refractivity contribution in [3.63, 3.8) is 0 Å². The standard InChI is InChI=1S/C20H29N3O2/c1-5-21-10-12-22(13-11-21)20(24)19-15(4)17-14-16(25-7-3)8-9-18(17)23(19)6-2/h8-9,14H,5-7,10-13H2,1-4H3. The molecule has 0 spiro atoms. The highest BCUT2D eigenvalue weighted by Gasteiger charge is 2.26. The van der Waals surface area contributed by atoms with Gasteiger partial charge < -0.3 is 19.1 Å². The number of amides is 1. The van der Waals surface area contributed by atoms with Crippen LogP contribution in [-0.4, -0.2) is 59.6 Å². The van der Waals surface area contributed by atoms with Crippen LogP contribution < -0.4 is 4.74 Å². The molecule has 136 valence electrons. The summed E-state index contributed by atoms with van der Waals surface area (Å²) >= 11 is 0. The van der Waals surface area contributed by atoms with Crippen molar-refractivity contribution in [2.24, 2.45) is 0 Å². The van der Waals surface area contributed by atoms with Gasteiger partial charge in [0.25, 0.3) is 5.91 Å². The number of aryl methyl sites for hydroxylation is 2. The van der Waals surface area contributed by atoms with E-state index in [1.807, 2.05) is 17.9 Å². The number of fused-ring (bicyclic) bond motifs is 1. The van der Waals surface area contributed by atoms with Crippen molar-refractivity contribution in [3.8, 4) is 5.75 Å². The Labute approximate surface area is 150 Å². The van der Waals surface area contributed by atoms with E-state index < -0.39 is 0 Å². The molecule has 2 heterocycles. The molecule has 1 fully saturated rings. The van der Waals surface area contributed by atoms with E-state index in [2.05, 4.69) is 42.4 Å². The molecule has 2 aromatic rings. The third kappa shape index (κ3) is 3.25. The van der Waals surface area contributed by atoms with Gasteiger partial charge in [-0.1, -0.05) is 6.92 Å². The van der Waals surface area contributed by atoms with Crippen molar-refractivity contribution < 1.29 is 9.53 Å². The second kappa shape index (κ2) is 7.48. The van der Waals surface area contributed by atoms with Gasteiger partial charge in [-0.25, -0.2) is 0 Å². The van der Waals surface area contributed by atoms with Gasteiger partial charge in [0, 0.05) is 43.6 Å². The molecule has 25 heavy (non-hydrogen) atoms. The zero-order valence-corrected chi connectivity index (χ0v) is 15.8. The van der Waals surface area contributed by atoms with E-state index in [1.54, 1.807) is 0 Å². The van der Waals surface area contributed by atoms with Crippen LogP contribution in [0.25, 0.3) is 10.9 Å². The molecule has 5 heteroatoms. The van der Waals surface area contributed by atoms with Gasteiger partial charge in [0.15, 0.2) is 0 Å². The largest absolute Gasteiger partial charge is 0.494 e. The van der Waals surface area contributed by atoms with Gasteiger partial charge in [0.05, 0.1) is 6.61 Å². The van der Waals surface area contributed by atoms with Gasteiger partial charge in [-0.3, -0.25) is 4.79 Å². The van der Waals surface area contributed by atoms with E-state index in [0.29, 0.717) is 6.61 Å². The number of aromatic nitrogens is 1. The second-order valence-corrected chi connectivity index (χ2v) is 6.56. The lowest BCUT2D eigenvalue weighted by molar-refractivity contribution is 0.0632. The topological polar surface area (TPSA) is 37.7 Å². The van der Waals surface area contributed by atoms with Gasteiger partial charge >= 0.3 is 0 Å². The van der Waals surface area contributed by atoms with E-state index in [0.717, 1.165) is 67.2 Å².